The minimum atomic E-state index is -0.548. The summed E-state index contributed by atoms with van der Waals surface area (Å²) in [6.45, 7) is 6.75. The van der Waals surface area contributed by atoms with Crippen molar-refractivity contribution in [2.75, 3.05) is 9.80 Å². The maximum atomic E-state index is 2.53. The van der Waals surface area contributed by atoms with E-state index in [1.807, 2.05) is 0 Å². The van der Waals surface area contributed by atoms with Gasteiger partial charge in [-0.15, -0.1) is 0 Å². The van der Waals surface area contributed by atoms with E-state index in [0.29, 0.717) is 0 Å². The van der Waals surface area contributed by atoms with E-state index in [4.69, 9.17) is 0 Å². The maximum absolute atomic E-state index is 2.53. The van der Waals surface area contributed by atoms with Crippen molar-refractivity contribution in [2.24, 2.45) is 0 Å². The Balaban J connectivity index is 1.00. The van der Waals surface area contributed by atoms with Crippen LogP contribution in [0.5, 0.6) is 0 Å². The average molecular weight is 947 g/mol. The lowest BCUT2D eigenvalue weighted by molar-refractivity contribution is 0.745. The number of aryl methyl sites for hydroxylation is 3. The average Bonchev–Trinajstić information content (AvgIpc) is 3.47. The molecule has 11 aromatic carbocycles. The minimum Gasteiger partial charge on any atom is -0.311 e. The van der Waals surface area contributed by atoms with E-state index >= 15 is 0 Å². The molecular formula is C71H55BN2. The summed E-state index contributed by atoms with van der Waals surface area (Å²) in [5.41, 5.74) is 23.5. The van der Waals surface area contributed by atoms with Crippen LogP contribution in [0.25, 0.3) is 0 Å². The van der Waals surface area contributed by atoms with Gasteiger partial charge in [0, 0.05) is 34.1 Å². The van der Waals surface area contributed by atoms with Gasteiger partial charge >= 0.3 is 0 Å². The van der Waals surface area contributed by atoms with E-state index in [2.05, 4.69) is 310 Å². The molecule has 0 fully saturated rings. The molecule has 3 heteroatoms. The molecule has 0 spiro atoms. The molecule has 0 saturated heterocycles. The summed E-state index contributed by atoms with van der Waals surface area (Å²) in [7, 11) is 0. The molecule has 2 aliphatic rings. The topological polar surface area (TPSA) is 6.48 Å². The fourth-order valence-electron chi connectivity index (χ4n) is 12.8. The van der Waals surface area contributed by atoms with Crippen molar-refractivity contribution in [3.63, 3.8) is 0 Å². The van der Waals surface area contributed by atoms with E-state index in [0.717, 1.165) is 11.4 Å². The van der Waals surface area contributed by atoms with Crippen LogP contribution in [0.3, 0.4) is 0 Å². The minimum absolute atomic E-state index is 0.0280. The lowest BCUT2D eigenvalue weighted by Crippen LogP contribution is -2.61. The number of fused-ring (bicyclic) bond motifs is 4. The fraction of sp³-hybridized carbons (Fsp3) is 0.0704. The molecule has 0 aromatic heterocycles. The quantitative estimate of drug-likeness (QED) is 0.0996. The molecule has 352 valence electrons. The highest BCUT2D eigenvalue weighted by atomic mass is 15.2. The molecular weight excluding hydrogens is 892 g/mol. The molecule has 0 bridgehead atoms. The molecule has 2 nitrogen and oxygen atoms in total. The number of anilines is 6. The maximum Gasteiger partial charge on any atom is 0.252 e. The third-order valence-electron chi connectivity index (χ3n) is 15.9. The van der Waals surface area contributed by atoms with E-state index in [9.17, 15) is 0 Å². The van der Waals surface area contributed by atoms with Gasteiger partial charge in [0.15, 0.2) is 0 Å². The Labute approximate surface area is 436 Å². The highest BCUT2D eigenvalue weighted by molar-refractivity contribution is 7.00. The third-order valence-corrected chi connectivity index (χ3v) is 15.9. The van der Waals surface area contributed by atoms with Crippen LogP contribution in [0.4, 0.5) is 34.1 Å². The van der Waals surface area contributed by atoms with Crippen molar-refractivity contribution in [1.82, 2.24) is 0 Å². The van der Waals surface area contributed by atoms with E-state index in [1.165, 1.54) is 100 Å². The molecule has 0 atom stereocenters. The van der Waals surface area contributed by atoms with Gasteiger partial charge in [-0.05, 0) is 136 Å². The summed E-state index contributed by atoms with van der Waals surface area (Å²) in [5.74, 6) is 0. The van der Waals surface area contributed by atoms with Crippen LogP contribution in [-0.2, 0) is 10.8 Å². The number of hydrogen-bond acceptors (Lipinski definition) is 2. The summed E-state index contributed by atoms with van der Waals surface area (Å²) in [4.78, 5) is 5.07. The molecule has 0 aliphatic carbocycles. The lowest BCUT2D eigenvalue weighted by atomic mass is 9.33. The fourth-order valence-corrected chi connectivity index (χ4v) is 12.8. The van der Waals surface area contributed by atoms with E-state index in [-0.39, 0.29) is 6.71 Å². The lowest BCUT2D eigenvalue weighted by Gasteiger charge is -2.45. The second kappa shape index (κ2) is 18.3. The zero-order valence-electron chi connectivity index (χ0n) is 42.0. The molecule has 74 heavy (non-hydrogen) atoms. The molecule has 0 N–H and O–H groups in total. The molecule has 0 unspecified atom stereocenters. The molecule has 13 rings (SSSR count). The van der Waals surface area contributed by atoms with Crippen LogP contribution < -0.4 is 26.2 Å². The molecule has 0 amide bonds. The Morgan fingerprint density at radius 2 is 0.527 bits per heavy atom. The van der Waals surface area contributed by atoms with Crippen molar-refractivity contribution in [3.05, 3.63) is 340 Å². The Morgan fingerprint density at radius 3 is 0.811 bits per heavy atom. The predicted octanol–water partition coefficient (Wildman–Crippen LogP) is 15.5. The first-order valence-electron chi connectivity index (χ1n) is 25.9. The number of nitrogens with zero attached hydrogens (tertiary/aromatic N) is 2. The first-order valence-corrected chi connectivity index (χ1v) is 25.9. The Hall–Kier alpha value is -8.92. The van der Waals surface area contributed by atoms with Gasteiger partial charge in [0.25, 0.3) is 6.71 Å². The van der Waals surface area contributed by atoms with Crippen molar-refractivity contribution < 1.29 is 0 Å². The molecule has 0 saturated carbocycles. The second-order valence-corrected chi connectivity index (χ2v) is 20.2. The number of rotatable bonds is 10. The summed E-state index contributed by atoms with van der Waals surface area (Å²) >= 11 is 0. The van der Waals surface area contributed by atoms with Crippen LogP contribution in [-0.4, -0.2) is 6.71 Å². The van der Waals surface area contributed by atoms with Gasteiger partial charge in [-0.1, -0.05) is 242 Å². The van der Waals surface area contributed by atoms with Gasteiger partial charge in [0.1, 0.15) is 0 Å². The normalized spacial score (nSPS) is 12.7. The number of hydrogen-bond donors (Lipinski definition) is 0. The Kier molecular flexibility index (Phi) is 11.1. The van der Waals surface area contributed by atoms with Gasteiger partial charge in [0.2, 0.25) is 0 Å². The largest absolute Gasteiger partial charge is 0.311 e. The Morgan fingerprint density at radius 1 is 0.257 bits per heavy atom. The first-order chi connectivity index (χ1) is 36.4. The van der Waals surface area contributed by atoms with Gasteiger partial charge in [-0.2, -0.15) is 0 Å². The summed E-state index contributed by atoms with van der Waals surface area (Å²) in [6, 6.07) is 104. The van der Waals surface area contributed by atoms with Gasteiger partial charge < -0.3 is 9.80 Å². The Bertz CT molecular complexity index is 3340. The number of benzene rings is 11. The zero-order valence-corrected chi connectivity index (χ0v) is 42.0. The van der Waals surface area contributed by atoms with Crippen molar-refractivity contribution >= 4 is 57.2 Å². The SMILES string of the molecule is Cc1ccc2c(c1)B1c3cc(C)ccc3N(c3ccc(C(c4ccccc4)(c4ccccc4)c4ccccc4)cc3)c3cc(C)cc(c31)N2c1ccc(C(c2ccccc2)(c2ccccc2)c2ccccc2)cc1. The smallest absolute Gasteiger partial charge is 0.252 e. The van der Waals surface area contributed by atoms with Crippen LogP contribution in [0.2, 0.25) is 0 Å². The van der Waals surface area contributed by atoms with E-state index in [1.54, 1.807) is 0 Å². The standard InChI is InChI=1S/C71H55BN2/c1-50-34-44-65-63(46-50)72-64-47-51(2)35-45-66(64)74(62-42-38-60(39-43-62)71(56-28-16-7-17-29-56,57-30-18-8-19-31-57)58-32-20-9-21-33-58)68-49-52(3)48-67(69(68)72)73(65)61-40-36-59(37-41-61)70(53-22-10-4-11-23-53,54-24-12-5-13-25-54)55-26-14-6-15-27-55/h4-49H,1-3H3. The molecule has 2 heterocycles. The molecule has 0 radical (unpaired) electrons. The van der Waals surface area contributed by atoms with Gasteiger partial charge in [0.05, 0.1) is 10.8 Å². The monoisotopic (exact) mass is 946 g/mol. The van der Waals surface area contributed by atoms with Crippen LogP contribution in [0, 0.1) is 20.8 Å². The first kappa shape index (κ1) is 45.0. The zero-order chi connectivity index (χ0) is 49.8. The summed E-state index contributed by atoms with van der Waals surface area (Å²) in [6.07, 6.45) is 0. The second-order valence-electron chi connectivity index (χ2n) is 20.2. The van der Waals surface area contributed by atoms with Gasteiger partial charge in [-0.3, -0.25) is 0 Å². The molecule has 2 aliphatic heterocycles. The van der Waals surface area contributed by atoms with Crippen LogP contribution >= 0.6 is 0 Å². The highest BCUT2D eigenvalue weighted by Gasteiger charge is 2.45. The third kappa shape index (κ3) is 7.10. The van der Waals surface area contributed by atoms with Crippen molar-refractivity contribution in [3.8, 4) is 0 Å². The highest BCUT2D eigenvalue weighted by Crippen LogP contribution is 2.50. The van der Waals surface area contributed by atoms with Crippen molar-refractivity contribution in [1.29, 1.82) is 0 Å². The van der Waals surface area contributed by atoms with Crippen molar-refractivity contribution in [2.45, 2.75) is 31.6 Å². The predicted molar refractivity (Wildman–Crippen MR) is 311 cm³/mol. The summed E-state index contributed by atoms with van der Waals surface area (Å²) < 4.78 is 0. The van der Waals surface area contributed by atoms with E-state index < -0.39 is 10.8 Å². The van der Waals surface area contributed by atoms with Crippen LogP contribution in [0.15, 0.2) is 279 Å². The van der Waals surface area contributed by atoms with Gasteiger partial charge in [-0.25, -0.2) is 0 Å². The molecule has 11 aromatic rings. The van der Waals surface area contributed by atoms with Crippen LogP contribution in [0.1, 0.15) is 61.2 Å². The summed E-state index contributed by atoms with van der Waals surface area (Å²) in [5, 5.41) is 0.